The van der Waals surface area contributed by atoms with Crippen LogP contribution < -0.4 is 14.8 Å². The van der Waals surface area contributed by atoms with E-state index in [0.29, 0.717) is 35.9 Å². The lowest BCUT2D eigenvalue weighted by Gasteiger charge is -2.30. The Balaban J connectivity index is 1.33. The van der Waals surface area contributed by atoms with Crippen molar-refractivity contribution in [3.63, 3.8) is 0 Å². The van der Waals surface area contributed by atoms with Gasteiger partial charge in [-0.15, -0.1) is 0 Å². The summed E-state index contributed by atoms with van der Waals surface area (Å²) in [4.78, 5) is 12.5. The minimum absolute atomic E-state index is 0.0117. The zero-order valence-corrected chi connectivity index (χ0v) is 18.3. The summed E-state index contributed by atoms with van der Waals surface area (Å²) in [5, 5.41) is 3.35. The third-order valence-corrected chi connectivity index (χ3v) is 7.85. The molecule has 2 aromatic carbocycles. The molecule has 0 atom stereocenters. The summed E-state index contributed by atoms with van der Waals surface area (Å²) in [6, 6.07) is 9.88. The average molecular weight is 471 g/mol. The van der Waals surface area contributed by atoms with E-state index >= 15 is 0 Å². The maximum absolute atomic E-state index is 12.9. The zero-order valence-electron chi connectivity index (χ0n) is 15.9. The first-order valence-corrected chi connectivity index (χ1v) is 11.7. The second-order valence-electron chi connectivity index (χ2n) is 7.16. The second-order valence-corrected chi connectivity index (χ2v) is 9.91. The lowest BCUT2D eigenvalue weighted by Crippen LogP contribution is -2.42. The summed E-state index contributed by atoms with van der Waals surface area (Å²) in [7, 11) is -3.77. The van der Waals surface area contributed by atoms with Gasteiger partial charge in [0.05, 0.1) is 5.02 Å². The molecule has 2 aromatic rings. The van der Waals surface area contributed by atoms with E-state index < -0.39 is 10.0 Å². The molecule has 2 aliphatic rings. The van der Waals surface area contributed by atoms with Crippen molar-refractivity contribution in [1.29, 1.82) is 0 Å². The molecule has 1 saturated heterocycles. The Labute approximate surface area is 184 Å². The molecule has 1 N–H and O–H groups in total. The highest BCUT2D eigenvalue weighted by atomic mass is 35.5. The van der Waals surface area contributed by atoms with E-state index in [-0.39, 0.29) is 41.6 Å². The van der Waals surface area contributed by atoms with Crippen LogP contribution in [-0.4, -0.2) is 38.5 Å². The third-order valence-electron chi connectivity index (χ3n) is 5.24. The van der Waals surface area contributed by atoms with Crippen molar-refractivity contribution in [2.75, 3.05) is 19.9 Å². The number of ether oxygens (including phenoxy) is 2. The Bertz CT molecular complexity index is 1070. The number of sulfonamides is 1. The fraction of sp³-hybridized carbons (Fsp3) is 0.350. The molecule has 7 nitrogen and oxygen atoms in total. The molecule has 1 fully saturated rings. The Kier molecular flexibility index (Phi) is 6.11. The minimum Gasteiger partial charge on any atom is -0.454 e. The molecule has 4 rings (SSSR count). The molecule has 0 aromatic heterocycles. The zero-order chi connectivity index (χ0) is 21.3. The van der Waals surface area contributed by atoms with Crippen LogP contribution in [0.3, 0.4) is 0 Å². The van der Waals surface area contributed by atoms with Gasteiger partial charge in [0.25, 0.3) is 0 Å². The predicted octanol–water partition coefficient (Wildman–Crippen LogP) is 3.44. The Morgan fingerprint density at radius 2 is 1.80 bits per heavy atom. The summed E-state index contributed by atoms with van der Waals surface area (Å²) >= 11 is 12.0. The number of hydrogen-bond acceptors (Lipinski definition) is 5. The predicted molar refractivity (Wildman–Crippen MR) is 112 cm³/mol. The highest BCUT2D eigenvalue weighted by molar-refractivity contribution is 7.89. The number of carbonyl (C=O) groups excluding carboxylic acids is 1. The summed E-state index contributed by atoms with van der Waals surface area (Å²) < 4.78 is 37.8. The summed E-state index contributed by atoms with van der Waals surface area (Å²) in [5.74, 6) is 1.02. The smallest absolute Gasteiger partial charge is 0.244 e. The highest BCUT2D eigenvalue weighted by Crippen LogP contribution is 2.33. The van der Waals surface area contributed by atoms with Crippen molar-refractivity contribution in [1.82, 2.24) is 9.62 Å². The Morgan fingerprint density at radius 3 is 2.57 bits per heavy atom. The number of nitrogens with zero attached hydrogens (tertiary/aromatic N) is 1. The van der Waals surface area contributed by atoms with Gasteiger partial charge in [0.2, 0.25) is 22.7 Å². The number of rotatable bonds is 5. The number of hydrogen-bond donors (Lipinski definition) is 1. The fourth-order valence-electron chi connectivity index (χ4n) is 3.56. The van der Waals surface area contributed by atoms with Gasteiger partial charge in [0.15, 0.2) is 11.5 Å². The molecule has 30 heavy (non-hydrogen) atoms. The molecule has 0 aliphatic carbocycles. The number of nitrogens with one attached hydrogen (secondary N) is 1. The minimum atomic E-state index is -3.77. The van der Waals surface area contributed by atoms with Gasteiger partial charge in [0.1, 0.15) is 4.90 Å². The molecular weight excluding hydrogens is 451 g/mol. The number of amides is 1. The van der Waals surface area contributed by atoms with Crippen LogP contribution in [0.5, 0.6) is 11.5 Å². The van der Waals surface area contributed by atoms with Crippen LogP contribution in [0.25, 0.3) is 0 Å². The molecule has 2 heterocycles. The van der Waals surface area contributed by atoms with Gasteiger partial charge in [0, 0.05) is 30.6 Å². The monoisotopic (exact) mass is 470 g/mol. The van der Waals surface area contributed by atoms with Crippen molar-refractivity contribution in [2.45, 2.75) is 24.3 Å². The van der Waals surface area contributed by atoms with Crippen LogP contribution in [-0.2, 0) is 21.4 Å². The van der Waals surface area contributed by atoms with E-state index in [1.54, 1.807) is 6.07 Å². The maximum Gasteiger partial charge on any atom is 0.244 e. The largest absolute Gasteiger partial charge is 0.454 e. The molecule has 0 bridgehead atoms. The van der Waals surface area contributed by atoms with E-state index in [0.717, 1.165) is 5.56 Å². The van der Waals surface area contributed by atoms with Gasteiger partial charge < -0.3 is 14.8 Å². The quantitative estimate of drug-likeness (QED) is 0.723. The van der Waals surface area contributed by atoms with Crippen LogP contribution in [0, 0.1) is 5.92 Å². The molecule has 0 spiro atoms. The Hall–Kier alpha value is -2.00. The van der Waals surface area contributed by atoms with E-state index in [9.17, 15) is 13.2 Å². The number of benzene rings is 2. The number of fused-ring (bicyclic) bond motifs is 1. The molecule has 0 unspecified atom stereocenters. The third kappa shape index (κ3) is 4.37. The van der Waals surface area contributed by atoms with Gasteiger partial charge in [-0.3, -0.25) is 4.79 Å². The average Bonchev–Trinajstić information content (AvgIpc) is 3.21. The molecular formula is C20H20Cl2N2O5S. The summed E-state index contributed by atoms with van der Waals surface area (Å²) in [5.41, 5.74) is 0.906. The number of halogens is 2. The summed E-state index contributed by atoms with van der Waals surface area (Å²) in [6.07, 6.45) is 0.870. The molecule has 10 heteroatoms. The molecule has 1 amide bonds. The topological polar surface area (TPSA) is 84.9 Å². The van der Waals surface area contributed by atoms with Crippen LogP contribution in [0.2, 0.25) is 10.0 Å². The Morgan fingerprint density at radius 1 is 1.07 bits per heavy atom. The fourth-order valence-corrected chi connectivity index (χ4v) is 5.76. The first-order chi connectivity index (χ1) is 14.3. The van der Waals surface area contributed by atoms with E-state index in [1.165, 1.54) is 16.4 Å². The number of piperidine rings is 1. The summed E-state index contributed by atoms with van der Waals surface area (Å²) in [6.45, 7) is 1.06. The van der Waals surface area contributed by atoms with E-state index in [1.807, 2.05) is 18.2 Å². The molecule has 2 aliphatic heterocycles. The van der Waals surface area contributed by atoms with Crippen molar-refractivity contribution in [3.8, 4) is 11.5 Å². The van der Waals surface area contributed by atoms with Crippen LogP contribution in [0.15, 0.2) is 41.3 Å². The van der Waals surface area contributed by atoms with Gasteiger partial charge >= 0.3 is 0 Å². The SMILES string of the molecule is O=C(NCc1ccc2c(c1)OCO2)C1CCN(S(=O)(=O)c2cc(Cl)ccc2Cl)CC1. The van der Waals surface area contributed by atoms with Gasteiger partial charge in [-0.2, -0.15) is 4.31 Å². The maximum atomic E-state index is 12.9. The number of carbonyl (C=O) groups is 1. The first kappa shape index (κ1) is 21.2. The van der Waals surface area contributed by atoms with Crippen LogP contribution in [0.4, 0.5) is 0 Å². The highest BCUT2D eigenvalue weighted by Gasteiger charge is 2.33. The van der Waals surface area contributed by atoms with E-state index in [2.05, 4.69) is 5.32 Å². The van der Waals surface area contributed by atoms with Crippen molar-refractivity contribution < 1.29 is 22.7 Å². The molecule has 160 valence electrons. The van der Waals surface area contributed by atoms with Gasteiger partial charge in [-0.1, -0.05) is 29.3 Å². The van der Waals surface area contributed by atoms with Crippen LogP contribution >= 0.6 is 23.2 Å². The lowest BCUT2D eigenvalue weighted by atomic mass is 9.97. The second kappa shape index (κ2) is 8.63. The normalized spacial score (nSPS) is 17.1. The van der Waals surface area contributed by atoms with Crippen molar-refractivity contribution in [2.24, 2.45) is 5.92 Å². The lowest BCUT2D eigenvalue weighted by molar-refractivity contribution is -0.126. The first-order valence-electron chi connectivity index (χ1n) is 9.46. The standard InChI is InChI=1S/C20H20Cl2N2O5S/c21-15-2-3-16(22)19(10-15)30(26,27)24-7-5-14(6-8-24)20(25)23-11-13-1-4-17-18(9-13)29-12-28-17/h1-4,9-10,14H,5-8,11-12H2,(H,23,25). The molecule has 0 radical (unpaired) electrons. The van der Waals surface area contributed by atoms with Crippen molar-refractivity contribution in [3.05, 3.63) is 52.0 Å². The van der Waals surface area contributed by atoms with Gasteiger partial charge in [-0.25, -0.2) is 8.42 Å². The van der Waals surface area contributed by atoms with E-state index in [4.69, 9.17) is 32.7 Å². The van der Waals surface area contributed by atoms with Crippen LogP contribution in [0.1, 0.15) is 18.4 Å². The van der Waals surface area contributed by atoms with Crippen molar-refractivity contribution >= 4 is 39.1 Å². The van der Waals surface area contributed by atoms with Gasteiger partial charge in [-0.05, 0) is 48.7 Å². The molecule has 0 saturated carbocycles.